The van der Waals surface area contributed by atoms with Crippen LogP contribution in [0.3, 0.4) is 0 Å². The van der Waals surface area contributed by atoms with Crippen LogP contribution in [0.5, 0.6) is 0 Å². The standard InChI is InChI=1S/C17H17F3N2O/c1-10-3-5-13(8-15(10)19)22-17(23)9-21-11(2)14-6-4-12(18)7-16(14)20/h3-8,11,21H,9H2,1-2H3,(H,22,23)/p+1/t11-/m0/s1. The largest absolute Gasteiger partial charge is 0.332 e. The molecule has 2 aromatic carbocycles. The zero-order valence-corrected chi connectivity index (χ0v) is 12.9. The van der Waals surface area contributed by atoms with Gasteiger partial charge in [-0.15, -0.1) is 0 Å². The monoisotopic (exact) mass is 323 g/mol. The van der Waals surface area contributed by atoms with Crippen molar-refractivity contribution in [3.8, 4) is 0 Å². The molecule has 1 atom stereocenters. The first-order valence-electron chi connectivity index (χ1n) is 7.21. The van der Waals surface area contributed by atoms with Crippen molar-refractivity contribution in [3.63, 3.8) is 0 Å². The molecule has 0 bridgehead atoms. The Morgan fingerprint density at radius 1 is 1.13 bits per heavy atom. The SMILES string of the molecule is Cc1ccc(NC(=O)C[NH2+][C@@H](C)c2ccc(F)cc2F)cc1F. The number of amides is 1. The van der Waals surface area contributed by atoms with E-state index in [0.29, 0.717) is 16.8 Å². The van der Waals surface area contributed by atoms with Crippen LogP contribution in [0.2, 0.25) is 0 Å². The Morgan fingerprint density at radius 3 is 2.52 bits per heavy atom. The first-order chi connectivity index (χ1) is 10.9. The highest BCUT2D eigenvalue weighted by Gasteiger charge is 2.16. The number of benzene rings is 2. The second kappa shape index (κ2) is 7.28. The fourth-order valence-electron chi connectivity index (χ4n) is 2.16. The maximum Gasteiger partial charge on any atom is 0.279 e. The third kappa shape index (κ3) is 4.56. The summed E-state index contributed by atoms with van der Waals surface area (Å²) in [6.07, 6.45) is 0. The third-order valence-corrected chi connectivity index (χ3v) is 3.57. The Hall–Kier alpha value is -2.34. The van der Waals surface area contributed by atoms with Crippen LogP contribution in [0.25, 0.3) is 0 Å². The minimum absolute atomic E-state index is 0.0352. The smallest absolute Gasteiger partial charge is 0.279 e. The number of nitrogens with two attached hydrogens (primary N) is 1. The first-order valence-corrected chi connectivity index (χ1v) is 7.21. The van der Waals surface area contributed by atoms with Crippen LogP contribution in [-0.4, -0.2) is 12.5 Å². The lowest BCUT2D eigenvalue weighted by Gasteiger charge is -2.12. The molecule has 6 heteroatoms. The van der Waals surface area contributed by atoms with Gasteiger partial charge in [0.1, 0.15) is 23.5 Å². The van der Waals surface area contributed by atoms with Gasteiger partial charge in [0.15, 0.2) is 6.54 Å². The number of aryl methyl sites for hydroxylation is 1. The number of carbonyl (C=O) groups is 1. The number of carbonyl (C=O) groups excluding carboxylic acids is 1. The maximum atomic E-state index is 13.7. The molecule has 122 valence electrons. The summed E-state index contributed by atoms with van der Waals surface area (Å²) in [4.78, 5) is 11.9. The van der Waals surface area contributed by atoms with Gasteiger partial charge >= 0.3 is 0 Å². The Kier molecular flexibility index (Phi) is 5.39. The molecule has 1 amide bonds. The Bertz CT molecular complexity index is 719. The second-order valence-corrected chi connectivity index (χ2v) is 5.41. The van der Waals surface area contributed by atoms with Gasteiger partial charge in [-0.05, 0) is 43.7 Å². The molecular weight excluding hydrogens is 305 g/mol. The molecule has 0 heterocycles. The van der Waals surface area contributed by atoms with E-state index in [-0.39, 0.29) is 18.5 Å². The summed E-state index contributed by atoms with van der Waals surface area (Å²) in [7, 11) is 0. The van der Waals surface area contributed by atoms with Crippen LogP contribution in [0.4, 0.5) is 18.9 Å². The number of nitrogens with one attached hydrogen (secondary N) is 1. The Labute approximate surface area is 132 Å². The van der Waals surface area contributed by atoms with Gasteiger partial charge in [0.25, 0.3) is 5.91 Å². The fourth-order valence-corrected chi connectivity index (χ4v) is 2.16. The summed E-state index contributed by atoms with van der Waals surface area (Å²) in [5, 5.41) is 4.20. The number of halogens is 3. The first kappa shape index (κ1) is 17.0. The topological polar surface area (TPSA) is 45.7 Å². The zero-order valence-electron chi connectivity index (χ0n) is 12.9. The van der Waals surface area contributed by atoms with E-state index in [4.69, 9.17) is 0 Å². The molecule has 0 saturated carbocycles. The number of hydrogen-bond donors (Lipinski definition) is 2. The van der Waals surface area contributed by atoms with E-state index >= 15 is 0 Å². The van der Waals surface area contributed by atoms with E-state index < -0.39 is 17.5 Å². The van der Waals surface area contributed by atoms with E-state index in [1.165, 1.54) is 18.2 Å². The average Bonchev–Trinajstić information content (AvgIpc) is 2.48. The third-order valence-electron chi connectivity index (χ3n) is 3.57. The summed E-state index contributed by atoms with van der Waals surface area (Å²) >= 11 is 0. The summed E-state index contributed by atoms with van der Waals surface area (Å²) in [6, 6.07) is 7.43. The quantitative estimate of drug-likeness (QED) is 0.873. The summed E-state index contributed by atoms with van der Waals surface area (Å²) < 4.78 is 39.9. The molecule has 0 aromatic heterocycles. The molecule has 0 saturated heterocycles. The van der Waals surface area contributed by atoms with Crippen molar-refractivity contribution in [2.75, 3.05) is 11.9 Å². The van der Waals surface area contributed by atoms with Crippen molar-refractivity contribution in [2.24, 2.45) is 0 Å². The Morgan fingerprint density at radius 2 is 1.87 bits per heavy atom. The molecule has 23 heavy (non-hydrogen) atoms. The van der Waals surface area contributed by atoms with Crippen LogP contribution < -0.4 is 10.6 Å². The van der Waals surface area contributed by atoms with Gasteiger partial charge in [-0.3, -0.25) is 4.79 Å². The van der Waals surface area contributed by atoms with Gasteiger partial charge < -0.3 is 10.6 Å². The van der Waals surface area contributed by atoms with Gasteiger partial charge in [0.05, 0.1) is 0 Å². The highest BCUT2D eigenvalue weighted by atomic mass is 19.1. The van der Waals surface area contributed by atoms with E-state index in [2.05, 4.69) is 5.32 Å². The van der Waals surface area contributed by atoms with Crippen LogP contribution in [-0.2, 0) is 4.79 Å². The molecule has 0 spiro atoms. The van der Waals surface area contributed by atoms with Crippen LogP contribution in [0.15, 0.2) is 36.4 Å². The number of hydrogen-bond acceptors (Lipinski definition) is 1. The van der Waals surface area contributed by atoms with Gasteiger partial charge in [0.2, 0.25) is 0 Å². The van der Waals surface area contributed by atoms with Gasteiger partial charge in [0, 0.05) is 17.3 Å². The normalized spacial score (nSPS) is 12.0. The lowest BCUT2D eigenvalue weighted by molar-refractivity contribution is -0.682. The van der Waals surface area contributed by atoms with Gasteiger partial charge in [-0.25, -0.2) is 13.2 Å². The van der Waals surface area contributed by atoms with E-state index in [0.717, 1.165) is 6.07 Å². The number of quaternary nitrogens is 1. The van der Waals surface area contributed by atoms with Crippen molar-refractivity contribution in [1.29, 1.82) is 0 Å². The molecule has 0 aliphatic heterocycles. The summed E-state index contributed by atoms with van der Waals surface area (Å²) in [5.41, 5.74) is 1.18. The average molecular weight is 323 g/mol. The molecule has 3 nitrogen and oxygen atoms in total. The lowest BCUT2D eigenvalue weighted by atomic mass is 10.1. The van der Waals surface area contributed by atoms with E-state index in [1.54, 1.807) is 31.3 Å². The lowest BCUT2D eigenvalue weighted by Crippen LogP contribution is -2.86. The highest BCUT2D eigenvalue weighted by Crippen LogP contribution is 2.15. The van der Waals surface area contributed by atoms with Crippen LogP contribution in [0, 0.1) is 24.4 Å². The van der Waals surface area contributed by atoms with Crippen molar-refractivity contribution in [2.45, 2.75) is 19.9 Å². The second-order valence-electron chi connectivity index (χ2n) is 5.41. The van der Waals surface area contributed by atoms with Crippen molar-refractivity contribution < 1.29 is 23.3 Å². The van der Waals surface area contributed by atoms with Crippen molar-refractivity contribution >= 4 is 11.6 Å². The molecule has 0 aliphatic rings. The molecule has 2 aromatic rings. The molecule has 2 rings (SSSR count). The van der Waals surface area contributed by atoms with Crippen molar-refractivity contribution in [3.05, 3.63) is 65.0 Å². The minimum Gasteiger partial charge on any atom is -0.332 e. The molecule has 3 N–H and O–H groups in total. The predicted molar refractivity (Wildman–Crippen MR) is 81.3 cm³/mol. The molecule has 0 aliphatic carbocycles. The van der Waals surface area contributed by atoms with Gasteiger partial charge in [-0.1, -0.05) is 6.07 Å². The zero-order chi connectivity index (χ0) is 17.0. The summed E-state index contributed by atoms with van der Waals surface area (Å²) in [6.45, 7) is 3.39. The summed E-state index contributed by atoms with van der Waals surface area (Å²) in [5.74, 6) is -2.01. The van der Waals surface area contributed by atoms with E-state index in [1.807, 2.05) is 0 Å². The molecule has 0 unspecified atom stereocenters. The number of anilines is 1. The van der Waals surface area contributed by atoms with Crippen LogP contribution >= 0.6 is 0 Å². The molecule has 0 fully saturated rings. The van der Waals surface area contributed by atoms with Crippen LogP contribution in [0.1, 0.15) is 24.1 Å². The number of rotatable bonds is 5. The molecular formula is C17H18F3N2O+. The highest BCUT2D eigenvalue weighted by molar-refractivity contribution is 5.91. The van der Waals surface area contributed by atoms with E-state index in [9.17, 15) is 18.0 Å². The maximum absolute atomic E-state index is 13.7. The fraction of sp³-hybridized carbons (Fsp3) is 0.235. The minimum atomic E-state index is -0.644. The van der Waals surface area contributed by atoms with Gasteiger partial charge in [-0.2, -0.15) is 0 Å². The Balaban J connectivity index is 1.91. The predicted octanol–water partition coefficient (Wildman–Crippen LogP) is 2.68. The molecule has 0 radical (unpaired) electrons. The van der Waals surface area contributed by atoms with Crippen molar-refractivity contribution in [1.82, 2.24) is 0 Å².